The van der Waals surface area contributed by atoms with Crippen molar-refractivity contribution < 1.29 is 17.9 Å². The van der Waals surface area contributed by atoms with E-state index < -0.39 is 12.8 Å². The van der Waals surface area contributed by atoms with E-state index in [-0.39, 0.29) is 11.8 Å². The summed E-state index contributed by atoms with van der Waals surface area (Å²) >= 11 is 3.34. The number of ether oxygens (including phenoxy) is 1. The van der Waals surface area contributed by atoms with Crippen LogP contribution in [0.3, 0.4) is 0 Å². The normalized spacial score (nSPS) is 13.4. The summed E-state index contributed by atoms with van der Waals surface area (Å²) in [5.41, 5.74) is 0.983. The molecule has 1 unspecified atom stereocenters. The minimum atomic E-state index is -4.32. The molecular weight excluding hydrogens is 311 g/mol. The molecule has 1 N–H and O–H groups in total. The molecule has 1 rings (SSSR count). The molecule has 6 heteroatoms. The van der Waals surface area contributed by atoms with Gasteiger partial charge in [0.25, 0.3) is 0 Å². The van der Waals surface area contributed by atoms with Crippen LogP contribution in [0, 0.1) is 0 Å². The Morgan fingerprint density at radius 2 is 2.06 bits per heavy atom. The minimum Gasteiger partial charge on any atom is -0.484 e. The van der Waals surface area contributed by atoms with E-state index >= 15 is 0 Å². The van der Waals surface area contributed by atoms with E-state index in [0.29, 0.717) is 0 Å². The third-order valence-corrected chi connectivity index (χ3v) is 3.04. The van der Waals surface area contributed by atoms with E-state index in [1.165, 1.54) is 0 Å². The van der Waals surface area contributed by atoms with E-state index in [1.807, 2.05) is 13.8 Å². The lowest BCUT2D eigenvalue weighted by molar-refractivity contribution is -0.153. The highest BCUT2D eigenvalue weighted by Crippen LogP contribution is 2.28. The zero-order valence-corrected chi connectivity index (χ0v) is 11.7. The van der Waals surface area contributed by atoms with Crippen LogP contribution in [-0.4, -0.2) is 19.3 Å². The lowest BCUT2D eigenvalue weighted by Crippen LogP contribution is -2.20. The second-order valence-electron chi connectivity index (χ2n) is 3.87. The molecule has 0 amide bonds. The van der Waals surface area contributed by atoms with E-state index in [1.54, 1.807) is 18.2 Å². The zero-order chi connectivity index (χ0) is 13.8. The number of benzene rings is 1. The van der Waals surface area contributed by atoms with E-state index in [4.69, 9.17) is 0 Å². The van der Waals surface area contributed by atoms with E-state index in [9.17, 15) is 13.2 Å². The molecule has 0 aliphatic carbocycles. The van der Waals surface area contributed by atoms with Crippen LogP contribution in [0.15, 0.2) is 22.7 Å². The highest BCUT2D eigenvalue weighted by Gasteiger charge is 2.28. The van der Waals surface area contributed by atoms with Crippen molar-refractivity contribution in [1.82, 2.24) is 5.32 Å². The molecule has 1 aromatic carbocycles. The van der Waals surface area contributed by atoms with Gasteiger partial charge in [-0.1, -0.05) is 28.9 Å². The molecule has 1 aromatic rings. The molecule has 2 nitrogen and oxygen atoms in total. The van der Waals surface area contributed by atoms with Gasteiger partial charge in [0, 0.05) is 10.5 Å². The van der Waals surface area contributed by atoms with Crippen molar-refractivity contribution in [2.24, 2.45) is 0 Å². The second kappa shape index (κ2) is 6.43. The predicted molar refractivity (Wildman–Crippen MR) is 67.8 cm³/mol. The van der Waals surface area contributed by atoms with Gasteiger partial charge in [0.15, 0.2) is 6.61 Å². The van der Waals surface area contributed by atoms with Gasteiger partial charge in [-0.15, -0.1) is 0 Å². The van der Waals surface area contributed by atoms with Gasteiger partial charge in [0.2, 0.25) is 0 Å². The Bertz CT molecular complexity index is 395. The first-order valence-electron chi connectivity index (χ1n) is 5.56. The fraction of sp³-hybridized carbons (Fsp3) is 0.500. The second-order valence-corrected chi connectivity index (χ2v) is 4.72. The van der Waals surface area contributed by atoms with Gasteiger partial charge in [0.1, 0.15) is 5.75 Å². The Morgan fingerprint density at radius 3 is 2.56 bits per heavy atom. The van der Waals surface area contributed by atoms with Gasteiger partial charge < -0.3 is 10.1 Å². The van der Waals surface area contributed by atoms with Crippen LogP contribution >= 0.6 is 15.9 Å². The van der Waals surface area contributed by atoms with Crippen molar-refractivity contribution in [3.05, 3.63) is 28.2 Å². The monoisotopic (exact) mass is 325 g/mol. The maximum Gasteiger partial charge on any atom is 0.422 e. The molecule has 0 aliphatic rings. The largest absolute Gasteiger partial charge is 0.484 e. The molecule has 102 valence electrons. The summed E-state index contributed by atoms with van der Waals surface area (Å²) in [6.45, 7) is 3.52. The summed E-state index contributed by atoms with van der Waals surface area (Å²) < 4.78 is 41.4. The van der Waals surface area contributed by atoms with Crippen LogP contribution in [0.5, 0.6) is 5.75 Å². The maximum absolute atomic E-state index is 12.0. The van der Waals surface area contributed by atoms with Gasteiger partial charge in [0.05, 0.1) is 0 Å². The highest BCUT2D eigenvalue weighted by atomic mass is 79.9. The SMILES string of the molecule is CCNC(C)c1ccc(OCC(F)(F)F)cc1Br. The smallest absolute Gasteiger partial charge is 0.422 e. The van der Waals surface area contributed by atoms with Crippen molar-refractivity contribution in [2.75, 3.05) is 13.2 Å². The van der Waals surface area contributed by atoms with Crippen LogP contribution in [-0.2, 0) is 0 Å². The molecule has 0 spiro atoms. The van der Waals surface area contributed by atoms with E-state index in [0.717, 1.165) is 16.6 Å². The molecule has 0 aliphatic heterocycles. The molecular formula is C12H15BrF3NO. The molecule has 18 heavy (non-hydrogen) atoms. The summed E-state index contributed by atoms with van der Waals surface area (Å²) in [7, 11) is 0. The number of nitrogens with one attached hydrogen (secondary N) is 1. The van der Waals surface area contributed by atoms with Crippen molar-refractivity contribution in [3.63, 3.8) is 0 Å². The average molecular weight is 326 g/mol. The van der Waals surface area contributed by atoms with Crippen molar-refractivity contribution in [1.29, 1.82) is 0 Å². The first-order chi connectivity index (χ1) is 8.33. The first kappa shape index (κ1) is 15.3. The summed E-state index contributed by atoms with van der Waals surface area (Å²) in [5.74, 6) is 0.201. The minimum absolute atomic E-state index is 0.126. The molecule has 0 saturated heterocycles. The van der Waals surface area contributed by atoms with E-state index in [2.05, 4.69) is 26.0 Å². The Balaban J connectivity index is 2.73. The van der Waals surface area contributed by atoms with Gasteiger partial charge in [-0.25, -0.2) is 0 Å². The molecule has 0 heterocycles. The molecule has 0 bridgehead atoms. The zero-order valence-electron chi connectivity index (χ0n) is 10.1. The average Bonchev–Trinajstić information content (AvgIpc) is 2.25. The Labute approximate surface area is 113 Å². The van der Waals surface area contributed by atoms with Crippen LogP contribution in [0.25, 0.3) is 0 Å². The van der Waals surface area contributed by atoms with Crippen molar-refractivity contribution >= 4 is 15.9 Å². The third kappa shape index (κ3) is 4.86. The summed E-state index contributed by atoms with van der Waals surface area (Å²) in [6, 6.07) is 4.97. The molecule has 0 aromatic heterocycles. The lowest BCUT2D eigenvalue weighted by Gasteiger charge is -2.16. The van der Waals surface area contributed by atoms with Gasteiger partial charge in [-0.05, 0) is 31.2 Å². The first-order valence-corrected chi connectivity index (χ1v) is 6.35. The highest BCUT2D eigenvalue weighted by molar-refractivity contribution is 9.10. The van der Waals surface area contributed by atoms with Crippen molar-refractivity contribution in [2.45, 2.75) is 26.1 Å². The Kier molecular flexibility index (Phi) is 5.47. The Hall–Kier alpha value is -0.750. The number of rotatable bonds is 5. The molecule has 0 fully saturated rings. The van der Waals surface area contributed by atoms with Gasteiger partial charge in [-0.3, -0.25) is 0 Å². The maximum atomic E-state index is 12.0. The molecule has 0 saturated carbocycles. The fourth-order valence-electron chi connectivity index (χ4n) is 1.53. The number of alkyl halides is 3. The summed E-state index contributed by atoms with van der Waals surface area (Å²) in [6.07, 6.45) is -4.32. The Morgan fingerprint density at radius 1 is 1.39 bits per heavy atom. The standard InChI is InChI=1S/C12H15BrF3NO/c1-3-17-8(2)10-5-4-9(6-11(10)13)18-7-12(14,15)16/h4-6,8,17H,3,7H2,1-2H3. The predicted octanol–water partition coefficient (Wildman–Crippen LogP) is 4.06. The fourth-order valence-corrected chi connectivity index (χ4v) is 2.23. The van der Waals surface area contributed by atoms with Crippen LogP contribution < -0.4 is 10.1 Å². The van der Waals surface area contributed by atoms with Gasteiger partial charge in [-0.2, -0.15) is 13.2 Å². The summed E-state index contributed by atoms with van der Waals surface area (Å²) in [4.78, 5) is 0. The quantitative estimate of drug-likeness (QED) is 0.881. The molecule has 1 atom stereocenters. The van der Waals surface area contributed by atoms with Gasteiger partial charge >= 0.3 is 6.18 Å². The van der Waals surface area contributed by atoms with Crippen LogP contribution in [0.1, 0.15) is 25.5 Å². The third-order valence-electron chi connectivity index (χ3n) is 2.35. The van der Waals surface area contributed by atoms with Crippen LogP contribution in [0.4, 0.5) is 13.2 Å². The lowest BCUT2D eigenvalue weighted by atomic mass is 10.1. The topological polar surface area (TPSA) is 21.3 Å². The number of hydrogen-bond acceptors (Lipinski definition) is 2. The number of hydrogen-bond donors (Lipinski definition) is 1. The van der Waals surface area contributed by atoms with Crippen molar-refractivity contribution in [3.8, 4) is 5.75 Å². The summed E-state index contributed by atoms with van der Waals surface area (Å²) in [5, 5.41) is 3.23. The van der Waals surface area contributed by atoms with Crippen LogP contribution in [0.2, 0.25) is 0 Å². The molecule has 0 radical (unpaired) electrons. The number of halogens is 4.